The van der Waals surface area contributed by atoms with Gasteiger partial charge < -0.3 is 4.90 Å². The molecule has 2 nitrogen and oxygen atoms in total. The van der Waals surface area contributed by atoms with E-state index in [0.29, 0.717) is 23.8 Å². The van der Waals surface area contributed by atoms with Crippen molar-refractivity contribution in [3.63, 3.8) is 0 Å². The maximum absolute atomic E-state index is 4.48. The Hall–Kier alpha value is -1.81. The van der Waals surface area contributed by atoms with E-state index in [-0.39, 0.29) is 0 Å². The highest BCUT2D eigenvalue weighted by atomic mass is 32.2. The molecule has 9 atom stereocenters. The molecule has 0 aromatic carbocycles. The lowest BCUT2D eigenvalue weighted by molar-refractivity contribution is 0.200. The summed E-state index contributed by atoms with van der Waals surface area (Å²) in [7, 11) is 4.36. The van der Waals surface area contributed by atoms with Gasteiger partial charge in [-0.25, -0.2) is 4.31 Å². The van der Waals surface area contributed by atoms with Gasteiger partial charge in [0, 0.05) is 12.1 Å². The van der Waals surface area contributed by atoms with Crippen LogP contribution in [-0.4, -0.2) is 48.2 Å². The van der Waals surface area contributed by atoms with E-state index in [2.05, 4.69) is 175 Å². The van der Waals surface area contributed by atoms with Crippen molar-refractivity contribution < 1.29 is 0 Å². The number of piperidine rings is 1. The summed E-state index contributed by atoms with van der Waals surface area (Å²) in [5.74, 6) is 5.46. The third-order valence-corrected chi connectivity index (χ3v) is 15.7. The molecule has 0 amide bonds. The van der Waals surface area contributed by atoms with Gasteiger partial charge in [-0.15, -0.1) is 13.2 Å². The lowest BCUT2D eigenvalue weighted by Crippen LogP contribution is -2.33. The standard InChI is InChI=1S/C38H67NS.C11H18.C7H15N.C3H8.2C2H6.C2H4/c1-11-37-25-20-26-38(29-37)24-19-15-16-21-30(2)27-33(5)35(7)28-34(6)31(3)22-17-13-12-14-18-23-32(4)36(8)39(9)40-10;1-4-9(2)11-8-6-5-7-10(11)3;1-7-5-3-4-6-8(7)2;1-3-2;3*1-2/h12-14,18,23,27,30-31,35-38H,6,11,15-17,19-22,24-26,28-29H2,1-5,7-10H3;4,10-11H,1-2,5-8H2,3H3;7H,3-6H2,1-2H3;3H2,1-2H3;2*1-2H3;1-2H2/b13-12+,18-14+,32-23+,33-27+;;;;;;/t30-,31?,35?,36?,37?,38?;;;;;;/m0....../s1. The van der Waals surface area contributed by atoms with Gasteiger partial charge >= 0.3 is 0 Å². The van der Waals surface area contributed by atoms with Crippen molar-refractivity contribution in [1.29, 1.82) is 0 Å². The molecule has 68 heavy (non-hydrogen) atoms. The Bertz CT molecular complexity index is 1280. The molecule has 0 spiro atoms. The minimum atomic E-state index is 0.453. The Morgan fingerprint density at radius 2 is 1.35 bits per heavy atom. The molecule has 0 radical (unpaired) electrons. The van der Waals surface area contributed by atoms with E-state index in [1.54, 1.807) is 17.5 Å². The molecule has 2 aliphatic carbocycles. The maximum Gasteiger partial charge on any atom is 0.0380 e. The lowest BCUT2D eigenvalue weighted by atomic mass is 9.77. The van der Waals surface area contributed by atoms with Crippen molar-refractivity contribution in [2.45, 2.75) is 251 Å². The van der Waals surface area contributed by atoms with Gasteiger partial charge in [0.05, 0.1) is 0 Å². The van der Waals surface area contributed by atoms with Crippen LogP contribution in [0.25, 0.3) is 0 Å². The van der Waals surface area contributed by atoms with E-state index < -0.39 is 0 Å². The van der Waals surface area contributed by atoms with Gasteiger partial charge in [-0.1, -0.05) is 256 Å². The molecule has 0 N–H and O–H groups in total. The summed E-state index contributed by atoms with van der Waals surface area (Å²) in [4.78, 5) is 2.43. The quantitative estimate of drug-likeness (QED) is 0.0462. The zero-order chi connectivity index (χ0) is 52.9. The predicted octanol–water partition coefficient (Wildman–Crippen LogP) is 21.7. The Morgan fingerprint density at radius 3 is 1.90 bits per heavy atom. The van der Waals surface area contributed by atoms with E-state index in [9.17, 15) is 0 Å². The van der Waals surface area contributed by atoms with Crippen LogP contribution in [0.15, 0.2) is 97.7 Å². The molecule has 3 heteroatoms. The van der Waals surface area contributed by atoms with Crippen molar-refractivity contribution in [2.75, 3.05) is 26.9 Å². The van der Waals surface area contributed by atoms with E-state index in [1.165, 1.54) is 145 Å². The average Bonchev–Trinajstić information content (AvgIpc) is 3.36. The van der Waals surface area contributed by atoms with E-state index >= 15 is 0 Å². The number of hydrogen-bond donors (Lipinski definition) is 0. The van der Waals surface area contributed by atoms with Crippen molar-refractivity contribution in [2.24, 2.45) is 41.4 Å². The fourth-order valence-electron chi connectivity index (χ4n) is 9.40. The van der Waals surface area contributed by atoms with Crippen LogP contribution in [0.1, 0.15) is 239 Å². The van der Waals surface area contributed by atoms with Gasteiger partial charge in [-0.3, -0.25) is 0 Å². The van der Waals surface area contributed by atoms with Crippen LogP contribution in [-0.2, 0) is 0 Å². The zero-order valence-corrected chi connectivity index (χ0v) is 50.4. The average molecular weight is 966 g/mol. The van der Waals surface area contributed by atoms with Crippen LogP contribution < -0.4 is 0 Å². The van der Waals surface area contributed by atoms with Crippen LogP contribution in [0.4, 0.5) is 0 Å². The fourth-order valence-corrected chi connectivity index (χ4v) is 9.89. The number of likely N-dealkylation sites (tertiary alicyclic amines) is 1. The molecule has 1 heterocycles. The molecule has 1 saturated heterocycles. The van der Waals surface area contributed by atoms with Gasteiger partial charge in [0.15, 0.2) is 0 Å². The first-order valence-electron chi connectivity index (χ1n) is 28.7. The van der Waals surface area contributed by atoms with Crippen molar-refractivity contribution >= 4 is 11.9 Å². The minimum Gasteiger partial charge on any atom is -0.304 e. The summed E-state index contributed by atoms with van der Waals surface area (Å²) in [5.41, 5.74) is 5.60. The number of rotatable bonds is 22. The molecule has 3 fully saturated rings. The molecule has 3 rings (SSSR count). The largest absolute Gasteiger partial charge is 0.304 e. The Kier molecular flexibility index (Phi) is 53.6. The Balaban J connectivity index is -0.000000586. The number of nitrogens with zero attached hydrogens (tertiary/aromatic N) is 2. The first kappa shape index (κ1) is 72.7. The third kappa shape index (κ3) is 37.9. The van der Waals surface area contributed by atoms with Gasteiger partial charge in [-0.2, -0.15) is 0 Å². The van der Waals surface area contributed by atoms with E-state index in [0.717, 1.165) is 42.6 Å². The molecule has 400 valence electrons. The summed E-state index contributed by atoms with van der Waals surface area (Å²) < 4.78 is 2.28. The SMILES string of the molecule is C=C.C=C(CC(C)/C(C)=C/[C@@H](C)CCCCCC1CCCC(CC)C1)C(C)CC/C=C/C=C/C=C(\C)C(C)N(C)SC.C=CC(=C)C1CCCCC1C.CC.CC.CC1CCCCN1C.CCC. The molecule has 0 aromatic rings. The highest BCUT2D eigenvalue weighted by Gasteiger charge is 2.22. The monoisotopic (exact) mass is 965 g/mol. The van der Waals surface area contributed by atoms with Crippen LogP contribution >= 0.6 is 11.9 Å². The third-order valence-electron chi connectivity index (χ3n) is 14.8. The van der Waals surface area contributed by atoms with E-state index in [4.69, 9.17) is 0 Å². The number of allylic oxidation sites excluding steroid dienone is 10. The molecule has 1 aliphatic heterocycles. The smallest absolute Gasteiger partial charge is 0.0380 e. The second kappa shape index (κ2) is 50.1. The molecule has 8 unspecified atom stereocenters. The first-order chi connectivity index (χ1) is 32.6. The maximum atomic E-state index is 4.48. The molecule has 0 bridgehead atoms. The van der Waals surface area contributed by atoms with E-state index in [1.807, 2.05) is 33.8 Å². The van der Waals surface area contributed by atoms with Crippen LogP contribution in [0.2, 0.25) is 0 Å². The second-order valence-electron chi connectivity index (χ2n) is 20.4. The van der Waals surface area contributed by atoms with Crippen LogP contribution in [0.3, 0.4) is 0 Å². The molecule has 0 aromatic heterocycles. The van der Waals surface area contributed by atoms with Crippen molar-refractivity contribution in [3.8, 4) is 0 Å². The molecule has 3 aliphatic rings. The topological polar surface area (TPSA) is 6.48 Å². The number of hydrogen-bond acceptors (Lipinski definition) is 3. The summed E-state index contributed by atoms with van der Waals surface area (Å²) in [6, 6.07) is 1.29. The zero-order valence-electron chi connectivity index (χ0n) is 49.6. The first-order valence-corrected chi connectivity index (χ1v) is 29.9. The summed E-state index contributed by atoms with van der Waals surface area (Å²) >= 11 is 1.78. The fraction of sp³-hybridized carbons (Fsp3) is 0.754. The van der Waals surface area contributed by atoms with Gasteiger partial charge in [0.2, 0.25) is 0 Å². The Labute approximate surface area is 435 Å². The van der Waals surface area contributed by atoms with Crippen LogP contribution in [0, 0.1) is 41.4 Å². The molecular formula is C65H124N2S. The predicted molar refractivity (Wildman–Crippen MR) is 322 cm³/mol. The molecular weight excluding hydrogens is 841 g/mol. The minimum absolute atomic E-state index is 0.453. The number of unbranched alkanes of at least 4 members (excludes halogenated alkanes) is 2. The lowest BCUT2D eigenvalue weighted by Gasteiger charge is -2.29. The van der Waals surface area contributed by atoms with Gasteiger partial charge in [-0.05, 0) is 147 Å². The normalized spacial score (nSPS) is 22.5. The number of likely N-dealkylation sites (N-methyl/N-ethyl adjacent to an activating group) is 1. The molecule has 2 saturated carbocycles. The Morgan fingerprint density at radius 1 is 0.750 bits per heavy atom. The van der Waals surface area contributed by atoms with Gasteiger partial charge in [0.25, 0.3) is 0 Å². The van der Waals surface area contributed by atoms with Crippen LogP contribution in [0.5, 0.6) is 0 Å². The van der Waals surface area contributed by atoms with Gasteiger partial charge in [0.1, 0.15) is 0 Å². The summed E-state index contributed by atoms with van der Waals surface area (Å²) in [6.07, 6.45) is 46.5. The highest BCUT2D eigenvalue weighted by molar-refractivity contribution is 7.96. The summed E-state index contributed by atoms with van der Waals surface area (Å²) in [6.45, 7) is 52.8. The van der Waals surface area contributed by atoms with Crippen molar-refractivity contribution in [1.82, 2.24) is 9.21 Å². The highest BCUT2D eigenvalue weighted by Crippen LogP contribution is 2.35. The summed E-state index contributed by atoms with van der Waals surface area (Å²) in [5, 5.41) is 0. The van der Waals surface area contributed by atoms with Crippen molar-refractivity contribution in [3.05, 3.63) is 97.7 Å². The second-order valence-corrected chi connectivity index (χ2v) is 21.3.